The van der Waals surface area contributed by atoms with E-state index < -0.39 is 5.82 Å². The van der Waals surface area contributed by atoms with Crippen molar-refractivity contribution in [3.63, 3.8) is 0 Å². The average Bonchev–Trinajstić information content (AvgIpc) is 2.33. The minimum absolute atomic E-state index is 0.0329. The Morgan fingerprint density at radius 3 is 2.82 bits per heavy atom. The molecule has 0 aliphatic heterocycles. The van der Waals surface area contributed by atoms with Crippen LogP contribution in [0.3, 0.4) is 0 Å². The van der Waals surface area contributed by atoms with Gasteiger partial charge in [0, 0.05) is 6.54 Å². The highest BCUT2D eigenvalue weighted by atomic mass is 35.5. The van der Waals surface area contributed by atoms with E-state index >= 15 is 0 Å². The molecular weight excluding hydrogens is 241 g/mol. The summed E-state index contributed by atoms with van der Waals surface area (Å²) in [5, 5.41) is 3.36. The predicted molar refractivity (Wildman–Crippen MR) is 69.3 cm³/mol. The molecule has 0 saturated heterocycles. The number of nitrogens with one attached hydrogen (secondary N) is 1. The van der Waals surface area contributed by atoms with Crippen LogP contribution in [0.4, 0.5) is 4.39 Å². The molecule has 0 radical (unpaired) electrons. The third kappa shape index (κ3) is 4.52. The zero-order chi connectivity index (χ0) is 12.7. The monoisotopic (exact) mass is 259 g/mol. The Kier molecular flexibility index (Phi) is 6.30. The van der Waals surface area contributed by atoms with Gasteiger partial charge in [-0.1, -0.05) is 31.5 Å². The van der Waals surface area contributed by atoms with Crippen molar-refractivity contribution in [2.24, 2.45) is 0 Å². The van der Waals surface area contributed by atoms with Gasteiger partial charge in [0.2, 0.25) is 0 Å². The van der Waals surface area contributed by atoms with Crippen molar-refractivity contribution in [3.05, 3.63) is 29.0 Å². The van der Waals surface area contributed by atoms with Gasteiger partial charge in [0.05, 0.1) is 5.02 Å². The largest absolute Gasteiger partial charge is 0.486 e. The molecular formula is C13H19ClFNO. The van der Waals surface area contributed by atoms with Crippen LogP contribution < -0.4 is 10.1 Å². The number of hydrogen-bond donors (Lipinski definition) is 1. The van der Waals surface area contributed by atoms with E-state index in [1.807, 2.05) is 6.92 Å². The van der Waals surface area contributed by atoms with Crippen LogP contribution in [0.25, 0.3) is 0 Å². The molecule has 1 aromatic rings. The predicted octanol–water partition coefficient (Wildman–Crippen LogP) is 3.64. The molecule has 1 rings (SSSR count). The molecule has 0 heterocycles. The fourth-order valence-corrected chi connectivity index (χ4v) is 1.63. The lowest BCUT2D eigenvalue weighted by molar-refractivity contribution is 0.185. The van der Waals surface area contributed by atoms with E-state index in [-0.39, 0.29) is 16.9 Å². The van der Waals surface area contributed by atoms with Crippen LogP contribution in [0.15, 0.2) is 18.2 Å². The molecule has 17 heavy (non-hydrogen) atoms. The van der Waals surface area contributed by atoms with Crippen molar-refractivity contribution in [1.29, 1.82) is 0 Å². The standard InChI is InChI=1S/C13H19ClFNO/c1-3-8-16-9-10(4-2)17-12-7-5-6-11(14)13(12)15/h5-7,10,16H,3-4,8-9H2,1-2H3. The lowest BCUT2D eigenvalue weighted by atomic mass is 10.2. The highest BCUT2D eigenvalue weighted by Crippen LogP contribution is 2.25. The molecule has 1 N–H and O–H groups in total. The second kappa shape index (κ2) is 7.51. The average molecular weight is 260 g/mol. The summed E-state index contributed by atoms with van der Waals surface area (Å²) in [5.74, 6) is -0.259. The fourth-order valence-electron chi connectivity index (χ4n) is 1.46. The first-order valence-electron chi connectivity index (χ1n) is 6.00. The van der Waals surface area contributed by atoms with Gasteiger partial charge >= 0.3 is 0 Å². The summed E-state index contributed by atoms with van der Waals surface area (Å²) in [5.41, 5.74) is 0. The molecule has 0 bridgehead atoms. The molecule has 0 aliphatic carbocycles. The summed E-state index contributed by atoms with van der Waals surface area (Å²) in [6.07, 6.45) is 1.86. The SMILES string of the molecule is CCCNCC(CC)Oc1cccc(Cl)c1F. The van der Waals surface area contributed by atoms with Crippen LogP contribution >= 0.6 is 11.6 Å². The zero-order valence-corrected chi connectivity index (χ0v) is 11.1. The highest BCUT2D eigenvalue weighted by molar-refractivity contribution is 6.30. The van der Waals surface area contributed by atoms with Crippen LogP contribution in [-0.4, -0.2) is 19.2 Å². The van der Waals surface area contributed by atoms with Crippen molar-refractivity contribution in [2.45, 2.75) is 32.8 Å². The number of halogens is 2. The third-order valence-electron chi connectivity index (χ3n) is 2.46. The Balaban J connectivity index is 2.57. The molecule has 0 amide bonds. The van der Waals surface area contributed by atoms with Gasteiger partial charge in [-0.05, 0) is 31.5 Å². The van der Waals surface area contributed by atoms with E-state index in [0.717, 1.165) is 25.9 Å². The Labute approximate surface area is 107 Å². The van der Waals surface area contributed by atoms with Gasteiger partial charge in [-0.2, -0.15) is 0 Å². The molecule has 0 spiro atoms. The maximum Gasteiger partial charge on any atom is 0.183 e. The van der Waals surface area contributed by atoms with Gasteiger partial charge in [0.15, 0.2) is 11.6 Å². The molecule has 0 aromatic heterocycles. The minimum atomic E-state index is -0.483. The number of rotatable bonds is 7. The smallest absolute Gasteiger partial charge is 0.183 e. The van der Waals surface area contributed by atoms with Gasteiger partial charge < -0.3 is 10.1 Å². The van der Waals surface area contributed by atoms with Crippen molar-refractivity contribution >= 4 is 11.6 Å². The summed E-state index contributed by atoms with van der Waals surface area (Å²) in [7, 11) is 0. The van der Waals surface area contributed by atoms with Crippen LogP contribution in [-0.2, 0) is 0 Å². The van der Waals surface area contributed by atoms with E-state index in [9.17, 15) is 4.39 Å². The van der Waals surface area contributed by atoms with E-state index in [2.05, 4.69) is 12.2 Å². The van der Waals surface area contributed by atoms with Gasteiger partial charge in [0.25, 0.3) is 0 Å². The van der Waals surface area contributed by atoms with Gasteiger partial charge in [-0.3, -0.25) is 0 Å². The normalized spacial score (nSPS) is 12.5. The second-order valence-electron chi connectivity index (χ2n) is 3.90. The van der Waals surface area contributed by atoms with E-state index in [0.29, 0.717) is 0 Å². The summed E-state index contributed by atoms with van der Waals surface area (Å²) in [6, 6.07) is 4.80. The lowest BCUT2D eigenvalue weighted by Crippen LogP contribution is -2.31. The van der Waals surface area contributed by atoms with Crippen molar-refractivity contribution in [3.8, 4) is 5.75 Å². The fraction of sp³-hybridized carbons (Fsp3) is 0.538. The van der Waals surface area contributed by atoms with Gasteiger partial charge in [-0.15, -0.1) is 0 Å². The lowest BCUT2D eigenvalue weighted by Gasteiger charge is -2.18. The van der Waals surface area contributed by atoms with Crippen LogP contribution in [0.1, 0.15) is 26.7 Å². The molecule has 96 valence electrons. The molecule has 1 atom stereocenters. The minimum Gasteiger partial charge on any atom is -0.486 e. The zero-order valence-electron chi connectivity index (χ0n) is 10.3. The molecule has 0 aliphatic rings. The molecule has 2 nitrogen and oxygen atoms in total. The number of benzene rings is 1. The first-order valence-corrected chi connectivity index (χ1v) is 6.38. The quantitative estimate of drug-likeness (QED) is 0.755. The van der Waals surface area contributed by atoms with Crippen molar-refractivity contribution < 1.29 is 9.13 Å². The van der Waals surface area contributed by atoms with E-state index in [1.54, 1.807) is 12.1 Å². The first kappa shape index (κ1) is 14.3. The Bertz CT molecular complexity index is 346. The first-order chi connectivity index (χ1) is 8.19. The van der Waals surface area contributed by atoms with Gasteiger partial charge in [-0.25, -0.2) is 4.39 Å². The van der Waals surface area contributed by atoms with Crippen LogP contribution in [0.5, 0.6) is 5.75 Å². The number of ether oxygens (including phenoxy) is 1. The number of hydrogen-bond acceptors (Lipinski definition) is 2. The van der Waals surface area contributed by atoms with Gasteiger partial charge in [0.1, 0.15) is 6.10 Å². The Morgan fingerprint density at radius 2 is 2.18 bits per heavy atom. The van der Waals surface area contributed by atoms with Crippen LogP contribution in [0.2, 0.25) is 5.02 Å². The molecule has 0 saturated carbocycles. The van der Waals surface area contributed by atoms with E-state index in [4.69, 9.17) is 16.3 Å². The summed E-state index contributed by atoms with van der Waals surface area (Å²) < 4.78 is 19.2. The summed E-state index contributed by atoms with van der Waals surface area (Å²) in [6.45, 7) is 5.78. The van der Waals surface area contributed by atoms with E-state index in [1.165, 1.54) is 6.07 Å². The Morgan fingerprint density at radius 1 is 1.41 bits per heavy atom. The van der Waals surface area contributed by atoms with Crippen molar-refractivity contribution in [1.82, 2.24) is 5.32 Å². The topological polar surface area (TPSA) is 21.3 Å². The molecule has 0 fully saturated rings. The summed E-state index contributed by atoms with van der Waals surface area (Å²) >= 11 is 5.70. The maximum absolute atomic E-state index is 13.6. The molecule has 4 heteroatoms. The van der Waals surface area contributed by atoms with Crippen molar-refractivity contribution in [2.75, 3.05) is 13.1 Å². The van der Waals surface area contributed by atoms with Crippen LogP contribution in [0, 0.1) is 5.82 Å². The highest BCUT2D eigenvalue weighted by Gasteiger charge is 2.12. The molecule has 1 unspecified atom stereocenters. The maximum atomic E-state index is 13.6. The second-order valence-corrected chi connectivity index (χ2v) is 4.31. The Hall–Kier alpha value is -0.800. The third-order valence-corrected chi connectivity index (χ3v) is 2.76. The summed E-state index contributed by atoms with van der Waals surface area (Å²) in [4.78, 5) is 0. The molecule has 1 aromatic carbocycles.